The Morgan fingerprint density at radius 3 is 2.26 bits per heavy atom. The molecule has 2 heterocycles. The number of benzene rings is 3. The van der Waals surface area contributed by atoms with Crippen molar-refractivity contribution in [3.05, 3.63) is 95.3 Å². The third kappa shape index (κ3) is 4.86. The van der Waals surface area contributed by atoms with Gasteiger partial charge in [0.2, 0.25) is 5.91 Å². The fourth-order valence-corrected chi connectivity index (χ4v) is 5.37. The van der Waals surface area contributed by atoms with E-state index in [4.69, 9.17) is 0 Å². The van der Waals surface area contributed by atoms with Crippen molar-refractivity contribution in [3.63, 3.8) is 0 Å². The SMILES string of the molecule is Cc1ccc(NC(=O)CN2CN(c3ccccc3)C3(CCN(C(=O)c4ccc(F)cc4)CC3)C2=O)cc1C. The topological polar surface area (TPSA) is 73.0 Å². The molecule has 1 spiro atoms. The van der Waals surface area contributed by atoms with Gasteiger partial charge in [-0.2, -0.15) is 0 Å². The van der Waals surface area contributed by atoms with Crippen LogP contribution in [0.25, 0.3) is 0 Å². The van der Waals surface area contributed by atoms with Crippen LogP contribution in [0, 0.1) is 19.7 Å². The van der Waals surface area contributed by atoms with Crippen LogP contribution < -0.4 is 10.2 Å². The van der Waals surface area contributed by atoms with Gasteiger partial charge in [0, 0.05) is 30.0 Å². The summed E-state index contributed by atoms with van der Waals surface area (Å²) in [5.41, 5.74) is 3.40. The van der Waals surface area contributed by atoms with Crippen LogP contribution in [-0.4, -0.2) is 59.4 Å². The van der Waals surface area contributed by atoms with Gasteiger partial charge in [0.15, 0.2) is 0 Å². The van der Waals surface area contributed by atoms with Gasteiger partial charge in [-0.1, -0.05) is 24.3 Å². The minimum absolute atomic E-state index is 0.0605. The van der Waals surface area contributed by atoms with Gasteiger partial charge < -0.3 is 20.0 Å². The highest BCUT2D eigenvalue weighted by Crippen LogP contribution is 2.39. The zero-order valence-corrected chi connectivity index (χ0v) is 21.6. The van der Waals surface area contributed by atoms with Crippen molar-refractivity contribution in [2.45, 2.75) is 32.2 Å². The average molecular weight is 515 g/mol. The third-order valence-electron chi connectivity index (χ3n) is 7.68. The van der Waals surface area contributed by atoms with Crippen LogP contribution >= 0.6 is 0 Å². The summed E-state index contributed by atoms with van der Waals surface area (Å²) in [6.07, 6.45) is 0.867. The standard InChI is InChI=1S/C30H31FN4O3/c1-21-8-13-25(18-22(21)2)32-27(36)19-34-20-35(26-6-4-3-5-7-26)30(29(34)38)14-16-33(17-15-30)28(37)23-9-11-24(31)12-10-23/h3-13,18H,14-17,19-20H2,1-2H3,(H,32,36). The molecule has 7 nitrogen and oxygen atoms in total. The van der Waals surface area contributed by atoms with Crippen molar-refractivity contribution in [1.29, 1.82) is 0 Å². The molecule has 3 aromatic carbocycles. The number of hydrogen-bond acceptors (Lipinski definition) is 4. The minimum Gasteiger partial charge on any atom is -0.339 e. The molecule has 2 aliphatic rings. The van der Waals surface area contributed by atoms with Gasteiger partial charge in [-0.25, -0.2) is 4.39 Å². The third-order valence-corrected chi connectivity index (χ3v) is 7.68. The van der Waals surface area contributed by atoms with Crippen molar-refractivity contribution in [3.8, 4) is 0 Å². The molecule has 0 atom stereocenters. The maximum absolute atomic E-state index is 13.9. The van der Waals surface area contributed by atoms with Gasteiger partial charge >= 0.3 is 0 Å². The zero-order chi connectivity index (χ0) is 26.9. The fraction of sp³-hybridized carbons (Fsp3) is 0.300. The van der Waals surface area contributed by atoms with E-state index in [-0.39, 0.29) is 30.9 Å². The normalized spacial score (nSPS) is 16.7. The first-order chi connectivity index (χ1) is 18.3. The molecule has 8 heteroatoms. The summed E-state index contributed by atoms with van der Waals surface area (Å²) in [4.78, 5) is 45.2. The quantitative estimate of drug-likeness (QED) is 0.549. The van der Waals surface area contributed by atoms with Crippen LogP contribution in [0.5, 0.6) is 0 Å². The van der Waals surface area contributed by atoms with Gasteiger partial charge in [0.05, 0.1) is 6.67 Å². The summed E-state index contributed by atoms with van der Waals surface area (Å²) in [7, 11) is 0. The predicted octanol–water partition coefficient (Wildman–Crippen LogP) is 4.36. The van der Waals surface area contributed by atoms with Crippen LogP contribution in [0.15, 0.2) is 72.8 Å². The molecule has 3 amide bonds. The fourth-order valence-electron chi connectivity index (χ4n) is 5.37. The number of halogens is 1. The van der Waals surface area contributed by atoms with E-state index in [2.05, 4.69) is 10.2 Å². The highest BCUT2D eigenvalue weighted by atomic mass is 19.1. The number of likely N-dealkylation sites (tertiary alicyclic amines) is 1. The number of rotatable bonds is 5. The number of aryl methyl sites for hydroxylation is 2. The first kappa shape index (κ1) is 25.4. The Bertz CT molecular complexity index is 1350. The molecule has 0 unspecified atom stereocenters. The molecule has 0 saturated carbocycles. The Labute approximate surface area is 221 Å². The zero-order valence-electron chi connectivity index (χ0n) is 21.6. The molecule has 38 heavy (non-hydrogen) atoms. The molecule has 0 aromatic heterocycles. The molecule has 5 rings (SSSR count). The van der Waals surface area contributed by atoms with Crippen LogP contribution in [0.2, 0.25) is 0 Å². The summed E-state index contributed by atoms with van der Waals surface area (Å²) < 4.78 is 13.3. The van der Waals surface area contributed by atoms with E-state index >= 15 is 0 Å². The number of para-hydroxylation sites is 1. The van der Waals surface area contributed by atoms with Crippen molar-refractivity contribution in [2.24, 2.45) is 0 Å². The van der Waals surface area contributed by atoms with E-state index in [0.717, 1.165) is 16.8 Å². The van der Waals surface area contributed by atoms with Gasteiger partial charge in [-0.3, -0.25) is 14.4 Å². The number of nitrogens with zero attached hydrogens (tertiary/aromatic N) is 3. The number of amides is 3. The number of anilines is 2. The predicted molar refractivity (Wildman–Crippen MR) is 144 cm³/mol. The highest BCUT2D eigenvalue weighted by Gasteiger charge is 2.54. The van der Waals surface area contributed by atoms with E-state index in [1.54, 1.807) is 9.80 Å². The lowest BCUT2D eigenvalue weighted by molar-refractivity contribution is -0.136. The van der Waals surface area contributed by atoms with Gasteiger partial charge in [0.25, 0.3) is 11.8 Å². The van der Waals surface area contributed by atoms with Crippen molar-refractivity contribution in [2.75, 3.05) is 36.5 Å². The summed E-state index contributed by atoms with van der Waals surface area (Å²) in [5.74, 6) is -0.932. The number of hydrogen-bond donors (Lipinski definition) is 1. The largest absolute Gasteiger partial charge is 0.339 e. The van der Waals surface area contributed by atoms with Crippen molar-refractivity contribution < 1.29 is 18.8 Å². The lowest BCUT2D eigenvalue weighted by atomic mass is 9.85. The second kappa shape index (κ2) is 10.3. The second-order valence-electron chi connectivity index (χ2n) is 10.1. The maximum Gasteiger partial charge on any atom is 0.253 e. The van der Waals surface area contributed by atoms with Crippen LogP contribution in [0.3, 0.4) is 0 Å². The summed E-state index contributed by atoms with van der Waals surface area (Å²) >= 11 is 0. The molecule has 196 valence electrons. The van der Waals surface area contributed by atoms with E-state index < -0.39 is 11.4 Å². The van der Waals surface area contributed by atoms with Crippen molar-refractivity contribution >= 4 is 29.1 Å². The summed E-state index contributed by atoms with van der Waals surface area (Å²) in [6, 6.07) is 20.9. The van der Waals surface area contributed by atoms with Crippen LogP contribution in [-0.2, 0) is 9.59 Å². The summed E-state index contributed by atoms with van der Waals surface area (Å²) in [6.45, 7) is 5.00. The van der Waals surface area contributed by atoms with Crippen LogP contribution in [0.1, 0.15) is 34.3 Å². The molecule has 0 bridgehead atoms. The van der Waals surface area contributed by atoms with E-state index in [9.17, 15) is 18.8 Å². The molecule has 2 saturated heterocycles. The minimum atomic E-state index is -0.846. The first-order valence-electron chi connectivity index (χ1n) is 12.8. The molecular weight excluding hydrogens is 483 g/mol. The lowest BCUT2D eigenvalue weighted by Crippen LogP contribution is -2.57. The number of piperidine rings is 1. The Morgan fingerprint density at radius 1 is 0.921 bits per heavy atom. The average Bonchev–Trinajstić information content (AvgIpc) is 3.18. The highest BCUT2D eigenvalue weighted by molar-refractivity contribution is 6.00. The second-order valence-corrected chi connectivity index (χ2v) is 10.1. The Hall–Kier alpha value is -4.20. The smallest absolute Gasteiger partial charge is 0.253 e. The van der Waals surface area contributed by atoms with E-state index in [1.807, 2.05) is 62.4 Å². The Kier molecular flexibility index (Phi) is 6.89. The van der Waals surface area contributed by atoms with Gasteiger partial charge in [0.1, 0.15) is 17.9 Å². The van der Waals surface area contributed by atoms with E-state index in [1.165, 1.54) is 24.3 Å². The molecule has 2 fully saturated rings. The summed E-state index contributed by atoms with van der Waals surface area (Å²) in [5, 5.41) is 2.92. The number of nitrogens with one attached hydrogen (secondary N) is 1. The number of carbonyl (C=O) groups excluding carboxylic acids is 3. The molecule has 0 radical (unpaired) electrons. The molecular formula is C30H31FN4O3. The van der Waals surface area contributed by atoms with Crippen molar-refractivity contribution in [1.82, 2.24) is 9.80 Å². The number of carbonyl (C=O) groups is 3. The maximum atomic E-state index is 13.9. The Morgan fingerprint density at radius 2 is 1.61 bits per heavy atom. The molecule has 3 aromatic rings. The Balaban J connectivity index is 1.33. The first-order valence-corrected chi connectivity index (χ1v) is 12.8. The lowest BCUT2D eigenvalue weighted by Gasteiger charge is -2.43. The van der Waals surface area contributed by atoms with Crippen LogP contribution in [0.4, 0.5) is 15.8 Å². The molecule has 1 N–H and O–H groups in total. The van der Waals surface area contributed by atoms with Gasteiger partial charge in [-0.15, -0.1) is 0 Å². The monoisotopic (exact) mass is 514 g/mol. The molecule has 0 aliphatic carbocycles. The van der Waals surface area contributed by atoms with Gasteiger partial charge in [-0.05, 0) is 86.3 Å². The van der Waals surface area contributed by atoms with E-state index in [0.29, 0.717) is 37.2 Å². The molecule has 2 aliphatic heterocycles.